The van der Waals surface area contributed by atoms with Crippen LogP contribution in [0.3, 0.4) is 0 Å². The van der Waals surface area contributed by atoms with Crippen molar-refractivity contribution in [3.8, 4) is 11.5 Å². The van der Waals surface area contributed by atoms with Crippen molar-refractivity contribution in [2.45, 2.75) is 13.5 Å². The first kappa shape index (κ1) is 14.5. The molecule has 1 aromatic carbocycles. The molecular weight excluding hydrogens is 274 g/mol. The Labute approximate surface area is 120 Å². The van der Waals surface area contributed by atoms with Crippen LogP contribution in [-0.2, 0) is 6.61 Å². The lowest BCUT2D eigenvalue weighted by molar-refractivity contribution is 0.0691. The van der Waals surface area contributed by atoms with Crippen molar-refractivity contribution in [2.75, 3.05) is 0 Å². The Kier molecular flexibility index (Phi) is 4.18. The van der Waals surface area contributed by atoms with Crippen molar-refractivity contribution in [3.05, 3.63) is 52.8 Å². The number of hydrogen-bond acceptors (Lipinski definition) is 5. The summed E-state index contributed by atoms with van der Waals surface area (Å²) in [7, 11) is 0. The highest BCUT2D eigenvalue weighted by molar-refractivity contribution is 5.90. The predicted molar refractivity (Wildman–Crippen MR) is 73.8 cm³/mol. The number of aromatic carboxylic acids is 1. The van der Waals surface area contributed by atoms with Crippen molar-refractivity contribution in [1.29, 1.82) is 0 Å². The first-order valence-electron chi connectivity index (χ1n) is 6.12. The fourth-order valence-electron chi connectivity index (χ4n) is 1.82. The second kappa shape index (κ2) is 6.04. The van der Waals surface area contributed by atoms with Crippen molar-refractivity contribution in [2.24, 2.45) is 0 Å². The molecular formula is C15H13NO5. The Morgan fingerprint density at radius 3 is 2.76 bits per heavy atom. The van der Waals surface area contributed by atoms with E-state index in [2.05, 4.69) is 4.98 Å². The van der Waals surface area contributed by atoms with Gasteiger partial charge in [0.2, 0.25) is 0 Å². The first-order valence-corrected chi connectivity index (χ1v) is 6.12. The van der Waals surface area contributed by atoms with E-state index in [1.54, 1.807) is 19.1 Å². The minimum atomic E-state index is -1.11. The van der Waals surface area contributed by atoms with Gasteiger partial charge in [-0.1, -0.05) is 12.1 Å². The summed E-state index contributed by atoms with van der Waals surface area (Å²) >= 11 is 0. The van der Waals surface area contributed by atoms with Gasteiger partial charge < -0.3 is 14.9 Å². The molecule has 0 saturated heterocycles. The van der Waals surface area contributed by atoms with Crippen LogP contribution >= 0.6 is 0 Å². The summed E-state index contributed by atoms with van der Waals surface area (Å²) in [5, 5.41) is 18.8. The van der Waals surface area contributed by atoms with Crippen LogP contribution in [0, 0.1) is 6.92 Å². The first-order chi connectivity index (χ1) is 10.0. The molecule has 108 valence electrons. The number of aldehydes is 1. The van der Waals surface area contributed by atoms with Crippen LogP contribution in [0.25, 0.3) is 0 Å². The third-order valence-corrected chi connectivity index (χ3v) is 2.98. The zero-order valence-electron chi connectivity index (χ0n) is 11.2. The molecule has 0 atom stereocenters. The number of carboxylic acids is 1. The molecule has 0 aliphatic carbocycles. The number of rotatable bonds is 5. The summed E-state index contributed by atoms with van der Waals surface area (Å²) in [6, 6.07) is 6.17. The van der Waals surface area contributed by atoms with Gasteiger partial charge in [-0.2, -0.15) is 0 Å². The molecule has 0 saturated carbocycles. The maximum atomic E-state index is 11.1. The van der Waals surface area contributed by atoms with Gasteiger partial charge in [0.25, 0.3) is 0 Å². The van der Waals surface area contributed by atoms with Gasteiger partial charge in [0.1, 0.15) is 23.7 Å². The molecule has 0 aliphatic heterocycles. The summed E-state index contributed by atoms with van der Waals surface area (Å²) in [6.07, 6.45) is 1.94. The number of aromatic nitrogens is 1. The third-order valence-electron chi connectivity index (χ3n) is 2.98. The molecule has 6 heteroatoms. The predicted octanol–water partition coefficient (Wildman–Crippen LogP) is 2.19. The Morgan fingerprint density at radius 2 is 2.10 bits per heavy atom. The fraction of sp³-hybridized carbons (Fsp3) is 0.133. The highest BCUT2D eigenvalue weighted by Gasteiger charge is 2.14. The van der Waals surface area contributed by atoms with Crippen LogP contribution < -0.4 is 4.74 Å². The number of benzene rings is 1. The van der Waals surface area contributed by atoms with Gasteiger partial charge in [0.05, 0.1) is 11.3 Å². The van der Waals surface area contributed by atoms with Crippen LogP contribution in [0.15, 0.2) is 30.5 Å². The monoisotopic (exact) mass is 287 g/mol. The zero-order valence-corrected chi connectivity index (χ0v) is 11.2. The molecule has 2 N–H and O–H groups in total. The maximum Gasteiger partial charge on any atom is 0.339 e. The fourth-order valence-corrected chi connectivity index (χ4v) is 1.82. The number of carboxylic acid groups (broad SMARTS) is 1. The van der Waals surface area contributed by atoms with Crippen molar-refractivity contribution in [3.63, 3.8) is 0 Å². The number of ether oxygens (including phenoxy) is 1. The molecule has 2 rings (SSSR count). The van der Waals surface area contributed by atoms with E-state index in [-0.39, 0.29) is 29.2 Å². The molecule has 0 amide bonds. The Bertz CT molecular complexity index is 696. The Balaban J connectivity index is 2.27. The van der Waals surface area contributed by atoms with Gasteiger partial charge in [0, 0.05) is 11.8 Å². The lowest BCUT2D eigenvalue weighted by atomic mass is 10.1. The molecule has 0 spiro atoms. The highest BCUT2D eigenvalue weighted by atomic mass is 16.5. The Hall–Kier alpha value is -2.89. The van der Waals surface area contributed by atoms with Gasteiger partial charge in [-0.05, 0) is 19.1 Å². The average Bonchev–Trinajstić information content (AvgIpc) is 2.48. The maximum absolute atomic E-state index is 11.1. The van der Waals surface area contributed by atoms with Crippen LogP contribution in [0.2, 0.25) is 0 Å². The number of carbonyl (C=O) groups excluding carboxylic acids is 1. The molecule has 0 aliphatic rings. The normalized spacial score (nSPS) is 10.1. The third kappa shape index (κ3) is 3.00. The highest BCUT2D eigenvalue weighted by Crippen LogP contribution is 2.24. The van der Waals surface area contributed by atoms with Crippen LogP contribution in [0.5, 0.6) is 11.5 Å². The summed E-state index contributed by atoms with van der Waals surface area (Å²) in [5.41, 5.74) is 0.838. The van der Waals surface area contributed by atoms with Gasteiger partial charge >= 0.3 is 5.97 Å². The summed E-state index contributed by atoms with van der Waals surface area (Å²) in [5.74, 6) is -1.12. The standard InChI is InChI=1S/C15H13NO5/c1-9-14(18)12(7-17)10(6-16-9)8-21-13-5-3-2-4-11(13)15(19)20/h2-7,18H,8H2,1H3,(H,19,20). The smallest absolute Gasteiger partial charge is 0.339 e. The van der Waals surface area contributed by atoms with Crippen molar-refractivity contribution >= 4 is 12.3 Å². The van der Waals surface area contributed by atoms with Crippen molar-refractivity contribution in [1.82, 2.24) is 4.98 Å². The Morgan fingerprint density at radius 1 is 1.38 bits per heavy atom. The molecule has 1 aromatic heterocycles. The summed E-state index contributed by atoms with van der Waals surface area (Å²) in [6.45, 7) is 1.51. The van der Waals surface area contributed by atoms with Crippen LogP contribution in [0.4, 0.5) is 0 Å². The summed E-state index contributed by atoms with van der Waals surface area (Å²) < 4.78 is 5.43. The second-order valence-corrected chi connectivity index (χ2v) is 4.34. The van der Waals surface area contributed by atoms with E-state index < -0.39 is 5.97 Å². The number of nitrogens with zero attached hydrogens (tertiary/aromatic N) is 1. The minimum absolute atomic E-state index is 0.0226. The second-order valence-electron chi connectivity index (χ2n) is 4.34. The zero-order chi connectivity index (χ0) is 15.4. The van der Waals surface area contributed by atoms with Crippen LogP contribution in [0.1, 0.15) is 32.0 Å². The molecule has 0 unspecified atom stereocenters. The molecule has 21 heavy (non-hydrogen) atoms. The van der Waals surface area contributed by atoms with E-state index in [4.69, 9.17) is 9.84 Å². The largest absolute Gasteiger partial charge is 0.505 e. The number of aryl methyl sites for hydroxylation is 1. The number of aromatic hydroxyl groups is 1. The van der Waals surface area contributed by atoms with E-state index >= 15 is 0 Å². The SMILES string of the molecule is Cc1ncc(COc2ccccc2C(=O)O)c(C=O)c1O. The van der Waals surface area contributed by atoms with E-state index in [0.717, 1.165) is 0 Å². The quantitative estimate of drug-likeness (QED) is 0.818. The van der Waals surface area contributed by atoms with Gasteiger partial charge in [-0.25, -0.2) is 4.79 Å². The van der Waals surface area contributed by atoms with Gasteiger partial charge in [0.15, 0.2) is 6.29 Å². The number of hydrogen-bond donors (Lipinski definition) is 2. The van der Waals surface area contributed by atoms with E-state index in [1.165, 1.54) is 18.3 Å². The molecule has 0 fully saturated rings. The summed E-state index contributed by atoms with van der Waals surface area (Å²) in [4.78, 5) is 26.1. The number of carbonyl (C=O) groups is 2. The number of pyridine rings is 1. The molecule has 1 heterocycles. The lowest BCUT2D eigenvalue weighted by Crippen LogP contribution is -2.06. The molecule has 2 aromatic rings. The lowest BCUT2D eigenvalue weighted by Gasteiger charge is -2.11. The minimum Gasteiger partial charge on any atom is -0.505 e. The number of para-hydroxylation sites is 1. The molecule has 0 radical (unpaired) electrons. The average molecular weight is 287 g/mol. The van der Waals surface area contributed by atoms with E-state index in [1.807, 2.05) is 0 Å². The van der Waals surface area contributed by atoms with E-state index in [9.17, 15) is 14.7 Å². The van der Waals surface area contributed by atoms with Crippen molar-refractivity contribution < 1.29 is 24.5 Å². The topological polar surface area (TPSA) is 96.7 Å². The van der Waals surface area contributed by atoms with Gasteiger partial charge in [-0.3, -0.25) is 9.78 Å². The van der Waals surface area contributed by atoms with Crippen LogP contribution in [-0.4, -0.2) is 27.5 Å². The molecule has 6 nitrogen and oxygen atoms in total. The van der Waals surface area contributed by atoms with Gasteiger partial charge in [-0.15, -0.1) is 0 Å². The molecule has 0 bridgehead atoms. The van der Waals surface area contributed by atoms with E-state index in [0.29, 0.717) is 17.5 Å².